The molecule has 0 saturated heterocycles. The van der Waals surface area contributed by atoms with Crippen LogP contribution in [0.2, 0.25) is 0 Å². The number of allylic oxidation sites excluding steroid dienone is 1. The number of hydrogen-bond donors (Lipinski definition) is 1. The molecule has 17 heavy (non-hydrogen) atoms. The van der Waals surface area contributed by atoms with Crippen molar-refractivity contribution in [3.63, 3.8) is 0 Å². The van der Waals surface area contributed by atoms with Crippen LogP contribution in [0.5, 0.6) is 0 Å². The summed E-state index contributed by atoms with van der Waals surface area (Å²) in [5, 5.41) is 7.59. The number of hydrogen-bond acceptors (Lipinski definition) is 2. The Kier molecular flexibility index (Phi) is 6.63. The van der Waals surface area contributed by atoms with E-state index in [0.29, 0.717) is 0 Å². The second-order valence-corrected chi connectivity index (χ2v) is 4.92. The van der Waals surface area contributed by atoms with E-state index in [2.05, 4.69) is 42.6 Å². The van der Waals surface area contributed by atoms with Gasteiger partial charge in [0, 0.05) is 13.2 Å². The van der Waals surface area contributed by atoms with Gasteiger partial charge in [-0.3, -0.25) is 4.68 Å². The molecule has 0 aromatic carbocycles. The Morgan fingerprint density at radius 1 is 1.35 bits per heavy atom. The lowest BCUT2D eigenvalue weighted by Gasteiger charge is -2.04. The fraction of sp³-hybridized carbons (Fsp3) is 0.643. The van der Waals surface area contributed by atoms with Crippen LogP contribution < -0.4 is 5.32 Å². The summed E-state index contributed by atoms with van der Waals surface area (Å²) in [6, 6.07) is 0. The molecule has 0 unspecified atom stereocenters. The Hall–Kier alpha value is -1.09. The van der Waals surface area contributed by atoms with E-state index in [0.717, 1.165) is 38.3 Å². The lowest BCUT2D eigenvalue weighted by atomic mass is 10.2. The van der Waals surface area contributed by atoms with Gasteiger partial charge < -0.3 is 5.32 Å². The maximum absolute atomic E-state index is 4.16. The van der Waals surface area contributed by atoms with Gasteiger partial charge >= 0.3 is 0 Å². The summed E-state index contributed by atoms with van der Waals surface area (Å²) >= 11 is 0. The van der Waals surface area contributed by atoms with Crippen molar-refractivity contribution < 1.29 is 0 Å². The molecule has 0 aliphatic rings. The third kappa shape index (κ3) is 6.95. The van der Waals surface area contributed by atoms with Crippen LogP contribution in [0, 0.1) is 5.92 Å². The summed E-state index contributed by atoms with van der Waals surface area (Å²) in [4.78, 5) is 0. The molecule has 3 heteroatoms. The molecule has 0 amide bonds. The molecule has 1 aromatic rings. The van der Waals surface area contributed by atoms with Crippen molar-refractivity contribution in [2.75, 3.05) is 13.1 Å². The first-order valence-corrected chi connectivity index (χ1v) is 6.51. The monoisotopic (exact) mass is 235 g/mol. The van der Waals surface area contributed by atoms with Gasteiger partial charge in [-0.15, -0.1) is 0 Å². The molecule has 3 nitrogen and oxygen atoms in total. The van der Waals surface area contributed by atoms with Gasteiger partial charge in [-0.1, -0.05) is 26.0 Å². The number of aryl methyl sites for hydroxylation is 2. The first kappa shape index (κ1) is 14.0. The van der Waals surface area contributed by atoms with Gasteiger partial charge in [-0.05, 0) is 43.8 Å². The largest absolute Gasteiger partial charge is 0.316 e. The molecule has 1 heterocycles. The molecular formula is C14H25N3. The minimum absolute atomic E-state index is 0.740. The van der Waals surface area contributed by atoms with Crippen LogP contribution >= 0.6 is 0 Å². The molecule has 1 rings (SSSR count). The van der Waals surface area contributed by atoms with Crippen molar-refractivity contribution in [1.29, 1.82) is 0 Å². The van der Waals surface area contributed by atoms with E-state index in [1.54, 1.807) is 0 Å². The van der Waals surface area contributed by atoms with Crippen LogP contribution in [0.15, 0.2) is 24.5 Å². The zero-order chi connectivity index (χ0) is 12.5. The summed E-state index contributed by atoms with van der Waals surface area (Å²) in [6.45, 7) is 6.67. The number of nitrogens with one attached hydrogen (secondary N) is 1. The van der Waals surface area contributed by atoms with Gasteiger partial charge in [0.1, 0.15) is 0 Å². The Morgan fingerprint density at radius 3 is 2.76 bits per heavy atom. The molecule has 0 fully saturated rings. The van der Waals surface area contributed by atoms with Crippen LogP contribution in [0.4, 0.5) is 0 Å². The minimum atomic E-state index is 0.740. The Bertz CT molecular complexity index is 326. The summed E-state index contributed by atoms with van der Waals surface area (Å²) in [5.41, 5.74) is 1.31. The SMILES string of the molecule is CC(C)CNCC/C=C/CCc1cnn(C)c1. The lowest BCUT2D eigenvalue weighted by molar-refractivity contribution is 0.556. The van der Waals surface area contributed by atoms with Gasteiger partial charge in [-0.25, -0.2) is 0 Å². The van der Waals surface area contributed by atoms with E-state index >= 15 is 0 Å². The van der Waals surface area contributed by atoms with Crippen molar-refractivity contribution in [2.24, 2.45) is 13.0 Å². The Balaban J connectivity index is 1.99. The van der Waals surface area contributed by atoms with E-state index in [4.69, 9.17) is 0 Å². The van der Waals surface area contributed by atoms with E-state index in [-0.39, 0.29) is 0 Å². The maximum atomic E-state index is 4.16. The first-order valence-electron chi connectivity index (χ1n) is 6.51. The van der Waals surface area contributed by atoms with Crippen molar-refractivity contribution in [1.82, 2.24) is 15.1 Å². The summed E-state index contributed by atoms with van der Waals surface area (Å²) < 4.78 is 1.86. The average Bonchev–Trinajstić information content (AvgIpc) is 2.68. The van der Waals surface area contributed by atoms with Gasteiger partial charge in [0.15, 0.2) is 0 Å². The predicted octanol–water partition coefficient (Wildman–Crippen LogP) is 2.54. The van der Waals surface area contributed by atoms with Crippen molar-refractivity contribution >= 4 is 0 Å². The molecule has 0 aliphatic carbocycles. The van der Waals surface area contributed by atoms with Crippen molar-refractivity contribution in [3.8, 4) is 0 Å². The Morgan fingerprint density at radius 2 is 2.12 bits per heavy atom. The Labute approximate surface area is 105 Å². The topological polar surface area (TPSA) is 29.9 Å². The predicted molar refractivity (Wildman–Crippen MR) is 73.0 cm³/mol. The highest BCUT2D eigenvalue weighted by atomic mass is 15.2. The third-order valence-corrected chi connectivity index (χ3v) is 2.57. The van der Waals surface area contributed by atoms with Crippen molar-refractivity contribution in [2.45, 2.75) is 33.1 Å². The van der Waals surface area contributed by atoms with Crippen LogP contribution in [0.3, 0.4) is 0 Å². The second-order valence-electron chi connectivity index (χ2n) is 4.92. The van der Waals surface area contributed by atoms with Crippen LogP contribution in [0.25, 0.3) is 0 Å². The first-order chi connectivity index (χ1) is 8.18. The molecule has 96 valence electrons. The highest BCUT2D eigenvalue weighted by Crippen LogP contribution is 2.01. The van der Waals surface area contributed by atoms with Crippen LogP contribution in [0.1, 0.15) is 32.3 Å². The number of rotatable bonds is 8. The zero-order valence-corrected chi connectivity index (χ0v) is 11.3. The number of nitrogens with zero attached hydrogens (tertiary/aromatic N) is 2. The quantitative estimate of drug-likeness (QED) is 0.554. The third-order valence-electron chi connectivity index (χ3n) is 2.57. The molecule has 0 radical (unpaired) electrons. The van der Waals surface area contributed by atoms with E-state index in [1.807, 2.05) is 17.9 Å². The van der Waals surface area contributed by atoms with Gasteiger partial charge in [0.2, 0.25) is 0 Å². The highest BCUT2D eigenvalue weighted by molar-refractivity contribution is 5.04. The van der Waals surface area contributed by atoms with Crippen LogP contribution in [-0.4, -0.2) is 22.9 Å². The maximum Gasteiger partial charge on any atom is 0.0521 e. The molecule has 0 aliphatic heterocycles. The van der Waals surface area contributed by atoms with E-state index in [9.17, 15) is 0 Å². The summed E-state index contributed by atoms with van der Waals surface area (Å²) in [7, 11) is 1.96. The zero-order valence-electron chi connectivity index (χ0n) is 11.3. The normalized spacial score (nSPS) is 11.8. The fourth-order valence-corrected chi connectivity index (χ4v) is 1.66. The smallest absolute Gasteiger partial charge is 0.0521 e. The summed E-state index contributed by atoms with van der Waals surface area (Å²) in [6.07, 6.45) is 11.9. The minimum Gasteiger partial charge on any atom is -0.316 e. The van der Waals surface area contributed by atoms with E-state index in [1.165, 1.54) is 5.56 Å². The number of aromatic nitrogens is 2. The standard InChI is InChI=1S/C14H25N3/c1-13(2)10-15-9-7-5-4-6-8-14-11-16-17(3)12-14/h4-5,11-13,15H,6-10H2,1-3H3/b5-4+. The lowest BCUT2D eigenvalue weighted by Crippen LogP contribution is -2.20. The molecule has 0 saturated carbocycles. The van der Waals surface area contributed by atoms with Gasteiger partial charge in [-0.2, -0.15) is 5.10 Å². The highest BCUT2D eigenvalue weighted by Gasteiger charge is 1.93. The molecule has 0 spiro atoms. The average molecular weight is 235 g/mol. The molecule has 1 aromatic heterocycles. The molecule has 0 atom stereocenters. The fourth-order valence-electron chi connectivity index (χ4n) is 1.66. The van der Waals surface area contributed by atoms with Gasteiger partial charge in [0.25, 0.3) is 0 Å². The second kappa shape index (κ2) is 8.07. The van der Waals surface area contributed by atoms with Crippen molar-refractivity contribution in [3.05, 3.63) is 30.1 Å². The molecule has 1 N–H and O–H groups in total. The molecular weight excluding hydrogens is 210 g/mol. The molecule has 0 bridgehead atoms. The van der Waals surface area contributed by atoms with Gasteiger partial charge in [0.05, 0.1) is 6.20 Å². The summed E-state index contributed by atoms with van der Waals surface area (Å²) in [5.74, 6) is 0.740. The van der Waals surface area contributed by atoms with E-state index < -0.39 is 0 Å². The van der Waals surface area contributed by atoms with Crippen LogP contribution in [-0.2, 0) is 13.5 Å².